The van der Waals surface area contributed by atoms with Gasteiger partial charge in [0.1, 0.15) is 0 Å². The van der Waals surface area contributed by atoms with E-state index >= 15 is 0 Å². The lowest BCUT2D eigenvalue weighted by molar-refractivity contribution is 0.122. The van der Waals surface area contributed by atoms with E-state index in [-0.39, 0.29) is 0 Å². The van der Waals surface area contributed by atoms with Gasteiger partial charge in [-0.2, -0.15) is 0 Å². The first-order chi connectivity index (χ1) is 8.51. The molecule has 0 saturated heterocycles. The molecule has 0 bridgehead atoms. The van der Waals surface area contributed by atoms with Crippen LogP contribution in [0.25, 0.3) is 0 Å². The van der Waals surface area contributed by atoms with Crippen molar-refractivity contribution in [2.75, 3.05) is 35.5 Å². The van der Waals surface area contributed by atoms with Crippen LogP contribution in [0.15, 0.2) is 0 Å². The van der Waals surface area contributed by atoms with Crippen LogP contribution < -0.4 is 0 Å². The van der Waals surface area contributed by atoms with Gasteiger partial charge in [-0.25, -0.2) is 0 Å². The molecule has 0 atom stereocenters. The highest BCUT2D eigenvalue weighted by molar-refractivity contribution is 6.65. The minimum Gasteiger partial charge on any atom is -0.398 e. The van der Waals surface area contributed by atoms with E-state index in [9.17, 15) is 0 Å². The summed E-state index contributed by atoms with van der Waals surface area (Å²) in [6, 6.07) is 1.87. The molecule has 110 valence electrons. The minimum atomic E-state index is -2.38. The first-order valence-corrected chi connectivity index (χ1v) is 10.7. The summed E-state index contributed by atoms with van der Waals surface area (Å²) in [4.78, 5) is 0. The summed E-state index contributed by atoms with van der Waals surface area (Å²) < 4.78 is 27.0. The summed E-state index contributed by atoms with van der Waals surface area (Å²) in [5.74, 6) is 0. The second-order valence-corrected chi connectivity index (χ2v) is 11.1. The van der Waals surface area contributed by atoms with E-state index in [1.165, 1.54) is 0 Å². The molecular weight excluding hydrogens is 268 g/mol. The Morgan fingerprint density at radius 1 is 0.611 bits per heavy atom. The third-order valence-electron chi connectivity index (χ3n) is 3.41. The molecule has 0 aromatic rings. The molecule has 0 heterocycles. The highest BCUT2D eigenvalue weighted by atomic mass is 28.4. The lowest BCUT2D eigenvalue weighted by atomic mass is 10.3. The second-order valence-electron chi connectivity index (χ2n) is 4.40. The molecule has 0 rings (SSSR count). The summed E-state index contributed by atoms with van der Waals surface area (Å²) in [5, 5.41) is 0. The van der Waals surface area contributed by atoms with Crippen molar-refractivity contribution < 1.29 is 22.1 Å². The number of rotatable bonds is 11. The van der Waals surface area contributed by atoms with Crippen molar-refractivity contribution in [2.24, 2.45) is 0 Å². The largest absolute Gasteiger partial charge is 0.500 e. The molecule has 0 aliphatic carbocycles. The Hall–Kier alpha value is 0.234. The Balaban J connectivity index is 3.86. The van der Waals surface area contributed by atoms with E-state index in [1.807, 2.05) is 0 Å². The minimum absolute atomic E-state index is 0.856. The van der Waals surface area contributed by atoms with Crippen LogP contribution in [-0.4, -0.2) is 52.9 Å². The SMILES string of the molecule is CO[Si](C)(CCCCC[Si](OC)(OC)OC)OC. The summed E-state index contributed by atoms with van der Waals surface area (Å²) in [7, 11) is 4.14. The van der Waals surface area contributed by atoms with Crippen molar-refractivity contribution in [2.45, 2.75) is 37.9 Å². The summed E-state index contributed by atoms with van der Waals surface area (Å²) in [5.41, 5.74) is 0. The average Bonchev–Trinajstić information content (AvgIpc) is 2.43. The molecule has 0 aromatic carbocycles. The fourth-order valence-electron chi connectivity index (χ4n) is 1.81. The Morgan fingerprint density at radius 2 is 1.06 bits per heavy atom. The maximum atomic E-state index is 5.45. The van der Waals surface area contributed by atoms with Crippen LogP contribution in [0.3, 0.4) is 0 Å². The van der Waals surface area contributed by atoms with Crippen molar-refractivity contribution >= 4 is 17.4 Å². The summed E-state index contributed by atoms with van der Waals surface area (Å²) in [6.07, 6.45) is 3.26. The summed E-state index contributed by atoms with van der Waals surface area (Å²) in [6.45, 7) is 2.09. The lowest BCUT2D eigenvalue weighted by Gasteiger charge is -2.25. The maximum absolute atomic E-state index is 5.45. The lowest BCUT2D eigenvalue weighted by Crippen LogP contribution is -2.42. The summed E-state index contributed by atoms with van der Waals surface area (Å²) >= 11 is 0. The van der Waals surface area contributed by atoms with Crippen molar-refractivity contribution in [1.82, 2.24) is 0 Å². The topological polar surface area (TPSA) is 46.2 Å². The Morgan fingerprint density at radius 3 is 1.44 bits per heavy atom. The Labute approximate surface area is 113 Å². The molecular formula is C11H28O5Si2. The average molecular weight is 297 g/mol. The third-order valence-corrected chi connectivity index (χ3v) is 9.23. The standard InChI is InChI=1S/C11H28O5Si2/c1-12-17(6,13-2)10-8-7-9-11-18(14-3,15-4)16-5/h7-11H2,1-6H3. The van der Waals surface area contributed by atoms with Crippen LogP contribution in [-0.2, 0) is 22.1 Å². The van der Waals surface area contributed by atoms with Gasteiger partial charge in [0.2, 0.25) is 0 Å². The van der Waals surface area contributed by atoms with Gasteiger partial charge in [0.25, 0.3) is 0 Å². The molecule has 0 aromatic heterocycles. The molecule has 0 unspecified atom stereocenters. The highest BCUT2D eigenvalue weighted by Gasteiger charge is 2.37. The Bertz CT molecular complexity index is 199. The van der Waals surface area contributed by atoms with Gasteiger partial charge in [0.05, 0.1) is 0 Å². The molecule has 0 fully saturated rings. The first-order valence-electron chi connectivity index (χ1n) is 6.27. The zero-order valence-corrected chi connectivity index (χ0v) is 14.6. The zero-order chi connectivity index (χ0) is 14.1. The van der Waals surface area contributed by atoms with Crippen molar-refractivity contribution in [3.8, 4) is 0 Å². The van der Waals surface area contributed by atoms with Crippen LogP contribution >= 0.6 is 0 Å². The van der Waals surface area contributed by atoms with E-state index in [2.05, 4.69) is 6.55 Å². The molecule has 0 N–H and O–H groups in total. The fraction of sp³-hybridized carbons (Fsp3) is 1.00. The second kappa shape index (κ2) is 9.19. The van der Waals surface area contributed by atoms with Crippen LogP contribution in [0.4, 0.5) is 0 Å². The molecule has 0 saturated carbocycles. The predicted molar refractivity (Wildman–Crippen MR) is 75.9 cm³/mol. The van der Waals surface area contributed by atoms with Crippen molar-refractivity contribution in [1.29, 1.82) is 0 Å². The highest BCUT2D eigenvalue weighted by Crippen LogP contribution is 2.20. The smallest absolute Gasteiger partial charge is 0.398 e. The normalized spacial score (nSPS) is 13.0. The van der Waals surface area contributed by atoms with Crippen molar-refractivity contribution in [3.63, 3.8) is 0 Å². The van der Waals surface area contributed by atoms with Gasteiger partial charge in [0, 0.05) is 41.6 Å². The zero-order valence-electron chi connectivity index (χ0n) is 12.6. The quantitative estimate of drug-likeness (QED) is 0.433. The number of hydrogen-bond donors (Lipinski definition) is 0. The Kier molecular flexibility index (Phi) is 9.31. The third kappa shape index (κ3) is 5.92. The predicted octanol–water partition coefficient (Wildman–Crippen LogP) is 2.40. The molecule has 0 radical (unpaired) electrons. The molecule has 7 heteroatoms. The van der Waals surface area contributed by atoms with Crippen LogP contribution in [0.5, 0.6) is 0 Å². The molecule has 5 nitrogen and oxygen atoms in total. The molecule has 0 aliphatic rings. The van der Waals surface area contributed by atoms with Crippen LogP contribution in [0.1, 0.15) is 19.3 Å². The van der Waals surface area contributed by atoms with Crippen LogP contribution in [0, 0.1) is 0 Å². The van der Waals surface area contributed by atoms with Gasteiger partial charge in [0.15, 0.2) is 0 Å². The molecule has 0 amide bonds. The van der Waals surface area contributed by atoms with Gasteiger partial charge in [-0.1, -0.05) is 12.8 Å². The van der Waals surface area contributed by atoms with E-state index < -0.39 is 17.4 Å². The van der Waals surface area contributed by atoms with E-state index in [0.29, 0.717) is 0 Å². The van der Waals surface area contributed by atoms with E-state index in [1.54, 1.807) is 35.5 Å². The maximum Gasteiger partial charge on any atom is 0.500 e. The van der Waals surface area contributed by atoms with Gasteiger partial charge in [-0.3, -0.25) is 0 Å². The molecule has 0 aliphatic heterocycles. The van der Waals surface area contributed by atoms with Gasteiger partial charge < -0.3 is 22.1 Å². The van der Waals surface area contributed by atoms with Gasteiger partial charge >= 0.3 is 17.4 Å². The molecule has 0 spiro atoms. The van der Waals surface area contributed by atoms with Crippen LogP contribution in [0.2, 0.25) is 18.6 Å². The monoisotopic (exact) mass is 296 g/mol. The van der Waals surface area contributed by atoms with Gasteiger partial charge in [-0.15, -0.1) is 0 Å². The van der Waals surface area contributed by atoms with Crippen molar-refractivity contribution in [3.05, 3.63) is 0 Å². The van der Waals surface area contributed by atoms with Gasteiger partial charge in [-0.05, 0) is 19.0 Å². The number of unbranched alkanes of at least 4 members (excludes halogenated alkanes) is 2. The molecule has 18 heavy (non-hydrogen) atoms. The fourth-order valence-corrected chi connectivity index (χ4v) is 5.07. The van der Waals surface area contributed by atoms with E-state index in [0.717, 1.165) is 31.4 Å². The first kappa shape index (κ1) is 18.2. The number of hydrogen-bond acceptors (Lipinski definition) is 5. The van der Waals surface area contributed by atoms with E-state index in [4.69, 9.17) is 22.1 Å².